The fourth-order valence-electron chi connectivity index (χ4n) is 1.73. The standard InChI is InChI=1S/C25H32/c1-3-5-7-9-11-13-15-17-19-21-23-25-24-22-20-18-16-14-12-10-8-6-4-2/h3,5,7,9,11-25H,1,4,6,8,10H2,2H3. The molecular weight excluding hydrogens is 300 g/mol. The molecule has 0 unspecified atom stereocenters. The molecule has 0 radical (unpaired) electrons. The van der Waals surface area contributed by atoms with E-state index in [2.05, 4.69) is 31.7 Å². The summed E-state index contributed by atoms with van der Waals surface area (Å²) < 4.78 is 0. The molecule has 0 atom stereocenters. The molecule has 0 aliphatic carbocycles. The lowest BCUT2D eigenvalue weighted by atomic mass is 10.2. The number of hydrogen-bond donors (Lipinski definition) is 0. The van der Waals surface area contributed by atoms with E-state index in [0.717, 1.165) is 0 Å². The Balaban J connectivity index is 3.81. The third kappa shape index (κ3) is 21.4. The Bertz CT molecular complexity index is 555. The van der Waals surface area contributed by atoms with Crippen molar-refractivity contribution in [1.82, 2.24) is 0 Å². The van der Waals surface area contributed by atoms with Gasteiger partial charge in [-0.3, -0.25) is 0 Å². The molecule has 0 heteroatoms. The highest BCUT2D eigenvalue weighted by Crippen LogP contribution is 1.99. The first kappa shape index (κ1) is 22.4. The lowest BCUT2D eigenvalue weighted by molar-refractivity contribution is 0.729. The van der Waals surface area contributed by atoms with Crippen LogP contribution in [-0.2, 0) is 0 Å². The Labute approximate surface area is 155 Å². The summed E-state index contributed by atoms with van der Waals surface area (Å²) in [5.74, 6) is 0. The van der Waals surface area contributed by atoms with E-state index in [4.69, 9.17) is 0 Å². The van der Waals surface area contributed by atoms with E-state index in [0.29, 0.717) is 0 Å². The van der Waals surface area contributed by atoms with Crippen LogP contribution in [0.3, 0.4) is 0 Å². The Morgan fingerprint density at radius 2 is 0.840 bits per heavy atom. The highest BCUT2D eigenvalue weighted by atomic mass is 13.9. The highest BCUT2D eigenvalue weighted by Gasteiger charge is 1.79. The minimum atomic E-state index is 1.18. The highest BCUT2D eigenvalue weighted by molar-refractivity contribution is 5.22. The van der Waals surface area contributed by atoms with Crippen molar-refractivity contribution in [2.24, 2.45) is 0 Å². The van der Waals surface area contributed by atoms with Crippen molar-refractivity contribution in [2.75, 3.05) is 0 Å². The van der Waals surface area contributed by atoms with Gasteiger partial charge in [0.05, 0.1) is 0 Å². The third-order valence-corrected chi connectivity index (χ3v) is 3.02. The van der Waals surface area contributed by atoms with E-state index in [9.17, 15) is 0 Å². The van der Waals surface area contributed by atoms with Crippen LogP contribution in [0.25, 0.3) is 0 Å². The average molecular weight is 333 g/mol. The molecule has 0 amide bonds. The minimum Gasteiger partial charge on any atom is -0.0991 e. The molecule has 25 heavy (non-hydrogen) atoms. The maximum atomic E-state index is 3.61. The topological polar surface area (TPSA) is 0 Å². The van der Waals surface area contributed by atoms with Gasteiger partial charge < -0.3 is 0 Å². The van der Waals surface area contributed by atoms with Gasteiger partial charge in [0.2, 0.25) is 0 Å². The Kier molecular flexibility index (Phi) is 19.2. The van der Waals surface area contributed by atoms with Crippen LogP contribution in [0.4, 0.5) is 0 Å². The van der Waals surface area contributed by atoms with Crippen LogP contribution in [0, 0.1) is 0 Å². The Morgan fingerprint density at radius 1 is 0.480 bits per heavy atom. The number of hydrogen-bond acceptors (Lipinski definition) is 0. The SMILES string of the molecule is C=CC=CC=CC=CC=CC=CC=CC=CC=CC=CCCCCC. The molecule has 0 N–H and O–H groups in total. The summed E-state index contributed by atoms with van der Waals surface area (Å²) in [6, 6.07) is 0. The smallest absolute Gasteiger partial charge is 0.0348 e. The second kappa shape index (κ2) is 21.4. The molecule has 0 rings (SSSR count). The number of unbranched alkanes of at least 4 members (excludes halogenated alkanes) is 3. The van der Waals surface area contributed by atoms with Gasteiger partial charge in [-0.05, 0) is 12.8 Å². The summed E-state index contributed by atoms with van der Waals surface area (Å²) in [4.78, 5) is 0. The van der Waals surface area contributed by atoms with Crippen molar-refractivity contribution in [2.45, 2.75) is 32.6 Å². The molecule has 0 bridgehead atoms. The predicted molar refractivity (Wildman–Crippen MR) is 117 cm³/mol. The Morgan fingerprint density at radius 3 is 1.20 bits per heavy atom. The van der Waals surface area contributed by atoms with E-state index in [1.807, 2.05) is 91.1 Å². The van der Waals surface area contributed by atoms with Gasteiger partial charge in [0.25, 0.3) is 0 Å². The van der Waals surface area contributed by atoms with E-state index in [-0.39, 0.29) is 0 Å². The molecular formula is C25H32. The summed E-state index contributed by atoms with van der Waals surface area (Å²) >= 11 is 0. The summed E-state index contributed by atoms with van der Waals surface area (Å²) in [6.07, 6.45) is 43.2. The van der Waals surface area contributed by atoms with Crippen molar-refractivity contribution >= 4 is 0 Å². The van der Waals surface area contributed by atoms with Crippen molar-refractivity contribution < 1.29 is 0 Å². The van der Waals surface area contributed by atoms with Gasteiger partial charge >= 0.3 is 0 Å². The van der Waals surface area contributed by atoms with Crippen LogP contribution in [0.5, 0.6) is 0 Å². The quantitative estimate of drug-likeness (QED) is 0.239. The van der Waals surface area contributed by atoms with Crippen molar-refractivity contribution in [1.29, 1.82) is 0 Å². The molecule has 0 nitrogen and oxygen atoms in total. The largest absolute Gasteiger partial charge is 0.0991 e. The molecule has 0 fully saturated rings. The van der Waals surface area contributed by atoms with E-state index < -0.39 is 0 Å². The van der Waals surface area contributed by atoms with E-state index in [1.165, 1.54) is 25.7 Å². The minimum absolute atomic E-state index is 1.18. The van der Waals surface area contributed by atoms with Crippen LogP contribution < -0.4 is 0 Å². The zero-order valence-corrected chi connectivity index (χ0v) is 15.5. The second-order valence-corrected chi connectivity index (χ2v) is 5.24. The third-order valence-electron chi connectivity index (χ3n) is 3.02. The van der Waals surface area contributed by atoms with Gasteiger partial charge in [-0.15, -0.1) is 0 Å². The van der Waals surface area contributed by atoms with E-state index >= 15 is 0 Å². The van der Waals surface area contributed by atoms with Crippen LogP contribution in [-0.4, -0.2) is 0 Å². The molecule has 0 heterocycles. The average Bonchev–Trinajstić information content (AvgIpc) is 2.63. The molecule has 0 aromatic carbocycles. The molecule has 0 aliphatic rings. The van der Waals surface area contributed by atoms with Crippen LogP contribution in [0.1, 0.15) is 32.6 Å². The van der Waals surface area contributed by atoms with Crippen molar-refractivity contribution in [3.8, 4) is 0 Å². The Hall–Kier alpha value is -2.60. The van der Waals surface area contributed by atoms with Crippen molar-refractivity contribution in [3.63, 3.8) is 0 Å². The molecule has 132 valence electrons. The fraction of sp³-hybridized carbons (Fsp3) is 0.200. The van der Waals surface area contributed by atoms with Crippen LogP contribution in [0.15, 0.2) is 122 Å². The molecule has 0 saturated carbocycles. The first-order chi connectivity index (χ1) is 12.4. The van der Waals surface area contributed by atoms with Gasteiger partial charge in [-0.1, -0.05) is 142 Å². The van der Waals surface area contributed by atoms with Gasteiger partial charge in [0.1, 0.15) is 0 Å². The van der Waals surface area contributed by atoms with Gasteiger partial charge in [0.15, 0.2) is 0 Å². The zero-order valence-electron chi connectivity index (χ0n) is 15.5. The normalized spacial score (nSPS) is 14.0. The fourth-order valence-corrected chi connectivity index (χ4v) is 1.73. The monoisotopic (exact) mass is 332 g/mol. The maximum absolute atomic E-state index is 3.61. The summed E-state index contributed by atoms with van der Waals surface area (Å²) in [5.41, 5.74) is 0. The summed E-state index contributed by atoms with van der Waals surface area (Å²) in [5, 5.41) is 0. The first-order valence-corrected chi connectivity index (χ1v) is 9.02. The lowest BCUT2D eigenvalue weighted by Gasteiger charge is -1.89. The molecule has 0 aliphatic heterocycles. The zero-order chi connectivity index (χ0) is 18.3. The van der Waals surface area contributed by atoms with Crippen molar-refractivity contribution in [3.05, 3.63) is 122 Å². The second-order valence-electron chi connectivity index (χ2n) is 5.24. The summed E-state index contributed by atoms with van der Waals surface area (Å²) in [6.45, 7) is 5.84. The lowest BCUT2D eigenvalue weighted by Crippen LogP contribution is -1.69. The molecule has 0 saturated heterocycles. The van der Waals surface area contributed by atoms with Crippen LogP contribution >= 0.6 is 0 Å². The van der Waals surface area contributed by atoms with Gasteiger partial charge in [0, 0.05) is 0 Å². The molecule has 0 aromatic heterocycles. The summed E-state index contributed by atoms with van der Waals surface area (Å²) in [7, 11) is 0. The number of allylic oxidation sites excluding steroid dienone is 19. The van der Waals surface area contributed by atoms with Gasteiger partial charge in [-0.25, -0.2) is 0 Å². The molecule has 0 spiro atoms. The number of rotatable bonds is 13. The van der Waals surface area contributed by atoms with Gasteiger partial charge in [-0.2, -0.15) is 0 Å². The van der Waals surface area contributed by atoms with E-state index in [1.54, 1.807) is 6.08 Å². The maximum Gasteiger partial charge on any atom is -0.0348 e. The molecule has 0 aromatic rings. The van der Waals surface area contributed by atoms with Crippen LogP contribution in [0.2, 0.25) is 0 Å². The predicted octanol–water partition coefficient (Wildman–Crippen LogP) is 7.76. The first-order valence-electron chi connectivity index (χ1n) is 9.02.